The lowest BCUT2D eigenvalue weighted by Gasteiger charge is -2.13. The fourth-order valence-corrected chi connectivity index (χ4v) is 3.39. The van der Waals surface area contributed by atoms with Crippen LogP contribution in [0.2, 0.25) is 0 Å². The summed E-state index contributed by atoms with van der Waals surface area (Å²) in [4.78, 5) is 28.8. The van der Waals surface area contributed by atoms with Crippen LogP contribution in [0.5, 0.6) is 0 Å². The van der Waals surface area contributed by atoms with Gasteiger partial charge in [-0.05, 0) is 41.8 Å². The summed E-state index contributed by atoms with van der Waals surface area (Å²) in [6.45, 7) is 4.14. The zero-order valence-electron chi connectivity index (χ0n) is 15.5. The van der Waals surface area contributed by atoms with Crippen LogP contribution >= 0.6 is 11.3 Å². The number of amides is 2. The molecule has 1 aromatic heterocycles. The van der Waals surface area contributed by atoms with E-state index in [1.807, 2.05) is 24.3 Å². The summed E-state index contributed by atoms with van der Waals surface area (Å²) in [6, 6.07) is 12.9. The van der Waals surface area contributed by atoms with Gasteiger partial charge < -0.3 is 5.32 Å². The smallest absolute Gasteiger partial charge is 0.257 e. The molecule has 0 spiro atoms. The summed E-state index contributed by atoms with van der Waals surface area (Å²) in [6.07, 6.45) is 0.106. The minimum absolute atomic E-state index is 0.106. The van der Waals surface area contributed by atoms with Crippen LogP contribution in [-0.2, 0) is 11.2 Å². The van der Waals surface area contributed by atoms with Crippen LogP contribution in [0.25, 0.3) is 0 Å². The molecule has 0 aliphatic rings. The Balaban J connectivity index is 1.60. The first-order chi connectivity index (χ1) is 13.4. The molecule has 0 atom stereocenters. The number of rotatable bonds is 6. The third-order valence-corrected chi connectivity index (χ3v) is 4.88. The van der Waals surface area contributed by atoms with Crippen LogP contribution in [-0.4, -0.2) is 16.8 Å². The highest BCUT2D eigenvalue weighted by atomic mass is 32.1. The monoisotopic (exact) mass is 397 g/mol. The maximum absolute atomic E-state index is 12.9. The molecule has 144 valence electrons. The Hall–Kier alpha value is -3.06. The van der Waals surface area contributed by atoms with Crippen molar-refractivity contribution in [1.29, 1.82) is 0 Å². The predicted molar refractivity (Wildman–Crippen MR) is 109 cm³/mol. The van der Waals surface area contributed by atoms with Gasteiger partial charge in [-0.15, -0.1) is 11.3 Å². The normalized spacial score (nSPS) is 10.7. The van der Waals surface area contributed by atoms with Crippen LogP contribution in [0.4, 0.5) is 15.2 Å². The molecular weight excluding hydrogens is 377 g/mol. The van der Waals surface area contributed by atoms with Gasteiger partial charge in [-0.3, -0.25) is 14.9 Å². The molecule has 3 aromatic rings. The summed E-state index contributed by atoms with van der Waals surface area (Å²) in [5, 5.41) is 7.70. The number of anilines is 2. The summed E-state index contributed by atoms with van der Waals surface area (Å²) in [5.41, 5.74) is 2.77. The van der Waals surface area contributed by atoms with E-state index in [0.29, 0.717) is 22.3 Å². The summed E-state index contributed by atoms with van der Waals surface area (Å²) < 4.78 is 12.9. The summed E-state index contributed by atoms with van der Waals surface area (Å²) >= 11 is 1.23. The van der Waals surface area contributed by atoms with Crippen LogP contribution < -0.4 is 10.6 Å². The fourth-order valence-electron chi connectivity index (χ4n) is 2.69. The van der Waals surface area contributed by atoms with Crippen LogP contribution in [0.15, 0.2) is 53.9 Å². The van der Waals surface area contributed by atoms with E-state index in [-0.39, 0.29) is 18.2 Å². The van der Waals surface area contributed by atoms with Crippen molar-refractivity contribution in [2.24, 2.45) is 0 Å². The maximum Gasteiger partial charge on any atom is 0.257 e. The van der Waals surface area contributed by atoms with Crippen molar-refractivity contribution in [2.45, 2.75) is 26.2 Å². The average Bonchev–Trinajstić information content (AvgIpc) is 3.09. The average molecular weight is 397 g/mol. The van der Waals surface area contributed by atoms with E-state index in [4.69, 9.17) is 0 Å². The van der Waals surface area contributed by atoms with E-state index in [2.05, 4.69) is 29.5 Å². The molecule has 0 unspecified atom stereocenters. The molecule has 7 heteroatoms. The zero-order valence-corrected chi connectivity index (χ0v) is 16.3. The minimum atomic E-state index is -0.405. The second kappa shape index (κ2) is 8.75. The Bertz CT molecular complexity index is 983. The SMILES string of the molecule is CC(C)c1ccccc1NC(=O)Cc1csc(NC(=O)c2ccc(F)cc2)n1. The molecule has 0 radical (unpaired) electrons. The van der Waals surface area contributed by atoms with Crippen LogP contribution in [0.1, 0.15) is 41.4 Å². The first-order valence-electron chi connectivity index (χ1n) is 8.82. The largest absolute Gasteiger partial charge is 0.325 e. The highest BCUT2D eigenvalue weighted by Gasteiger charge is 2.13. The lowest BCUT2D eigenvalue weighted by molar-refractivity contribution is -0.115. The molecule has 5 nitrogen and oxygen atoms in total. The standard InChI is InChI=1S/C21H20FN3O2S/c1-13(2)17-5-3-4-6-18(17)24-19(26)11-16-12-28-21(23-16)25-20(27)14-7-9-15(22)10-8-14/h3-10,12-13H,11H2,1-2H3,(H,24,26)(H,23,25,27). The molecular formula is C21H20FN3O2S. The van der Waals surface area contributed by atoms with E-state index in [1.165, 1.54) is 35.6 Å². The molecule has 0 bridgehead atoms. The molecule has 0 fully saturated rings. The number of carbonyl (C=O) groups excluding carboxylic acids is 2. The van der Waals surface area contributed by atoms with Gasteiger partial charge in [0.2, 0.25) is 5.91 Å². The summed E-state index contributed by atoms with van der Waals surface area (Å²) in [7, 11) is 0. The topological polar surface area (TPSA) is 71.1 Å². The third kappa shape index (κ3) is 5.01. The van der Waals surface area contributed by atoms with Gasteiger partial charge in [0.05, 0.1) is 12.1 Å². The lowest BCUT2D eigenvalue weighted by Crippen LogP contribution is -2.16. The first kappa shape index (κ1) is 19.7. The molecule has 0 saturated carbocycles. The number of thiazole rings is 1. The molecule has 2 N–H and O–H groups in total. The van der Waals surface area contributed by atoms with Gasteiger partial charge in [-0.2, -0.15) is 0 Å². The van der Waals surface area contributed by atoms with Crippen molar-refractivity contribution in [1.82, 2.24) is 4.98 Å². The van der Waals surface area contributed by atoms with Crippen molar-refractivity contribution in [3.63, 3.8) is 0 Å². The number of aromatic nitrogens is 1. The lowest BCUT2D eigenvalue weighted by atomic mass is 10.0. The molecule has 1 heterocycles. The van der Waals surface area contributed by atoms with E-state index in [1.54, 1.807) is 5.38 Å². The van der Waals surface area contributed by atoms with Gasteiger partial charge in [-0.1, -0.05) is 32.0 Å². The first-order valence-corrected chi connectivity index (χ1v) is 9.70. The number of halogens is 1. The highest BCUT2D eigenvalue weighted by molar-refractivity contribution is 7.14. The van der Waals surface area contributed by atoms with Crippen molar-refractivity contribution < 1.29 is 14.0 Å². The van der Waals surface area contributed by atoms with Gasteiger partial charge in [-0.25, -0.2) is 9.37 Å². The van der Waals surface area contributed by atoms with Gasteiger partial charge >= 0.3 is 0 Å². The number of benzene rings is 2. The van der Waals surface area contributed by atoms with Gasteiger partial charge in [0.1, 0.15) is 5.82 Å². The van der Waals surface area contributed by atoms with Gasteiger partial charge in [0, 0.05) is 16.6 Å². The van der Waals surface area contributed by atoms with Gasteiger partial charge in [0.15, 0.2) is 5.13 Å². The summed E-state index contributed by atoms with van der Waals surface area (Å²) in [5.74, 6) is -0.659. The molecule has 0 aliphatic heterocycles. The number of carbonyl (C=O) groups is 2. The molecule has 3 rings (SSSR count). The van der Waals surface area contributed by atoms with Crippen molar-refractivity contribution in [3.8, 4) is 0 Å². The minimum Gasteiger partial charge on any atom is -0.325 e. The number of para-hydroxylation sites is 1. The second-order valence-corrected chi connectivity index (χ2v) is 7.43. The van der Waals surface area contributed by atoms with Gasteiger partial charge in [0.25, 0.3) is 5.91 Å². The van der Waals surface area contributed by atoms with Crippen molar-refractivity contribution in [3.05, 3.63) is 76.5 Å². The Morgan fingerprint density at radius 1 is 1.07 bits per heavy atom. The van der Waals surface area contributed by atoms with Crippen LogP contribution in [0.3, 0.4) is 0 Å². The quantitative estimate of drug-likeness (QED) is 0.625. The second-order valence-electron chi connectivity index (χ2n) is 6.57. The Kier molecular flexibility index (Phi) is 6.16. The van der Waals surface area contributed by atoms with Crippen molar-refractivity contribution >= 4 is 34.0 Å². The Labute approximate surface area is 166 Å². The zero-order chi connectivity index (χ0) is 20.1. The molecule has 28 heavy (non-hydrogen) atoms. The van der Waals surface area contributed by atoms with E-state index in [0.717, 1.165) is 11.3 Å². The Morgan fingerprint density at radius 2 is 1.79 bits per heavy atom. The number of nitrogens with zero attached hydrogens (tertiary/aromatic N) is 1. The molecule has 0 aliphatic carbocycles. The van der Waals surface area contributed by atoms with Crippen LogP contribution in [0, 0.1) is 5.82 Å². The maximum atomic E-state index is 12.9. The fraction of sp³-hybridized carbons (Fsp3) is 0.190. The van der Waals surface area contributed by atoms with E-state index < -0.39 is 5.82 Å². The van der Waals surface area contributed by atoms with E-state index in [9.17, 15) is 14.0 Å². The molecule has 2 amide bonds. The molecule has 0 saturated heterocycles. The third-order valence-electron chi connectivity index (χ3n) is 4.08. The number of hydrogen-bond acceptors (Lipinski definition) is 4. The van der Waals surface area contributed by atoms with E-state index >= 15 is 0 Å². The number of hydrogen-bond donors (Lipinski definition) is 2. The highest BCUT2D eigenvalue weighted by Crippen LogP contribution is 2.24. The number of nitrogens with one attached hydrogen (secondary N) is 2. The molecule has 2 aromatic carbocycles. The Morgan fingerprint density at radius 3 is 2.50 bits per heavy atom. The predicted octanol–water partition coefficient (Wildman–Crippen LogP) is 4.84. The van der Waals surface area contributed by atoms with Crippen molar-refractivity contribution in [2.75, 3.05) is 10.6 Å².